The molecule has 0 amide bonds. The van der Waals surface area contributed by atoms with E-state index in [9.17, 15) is 61.6 Å². The number of rotatable bonds is 27. The fourth-order valence-corrected chi connectivity index (χ4v) is 30.6. The molecule has 44 heteroatoms. The van der Waals surface area contributed by atoms with Gasteiger partial charge in [-0.2, -0.15) is 17.6 Å². The zero-order valence-electron chi connectivity index (χ0n) is 80.6. The number of halogens is 4. The highest BCUT2D eigenvalue weighted by Crippen LogP contribution is 2.64. The molecular weight excluding hydrogens is 1760 g/mol. The summed E-state index contributed by atoms with van der Waals surface area (Å²) in [6, 6.07) is 53.6. The topological polar surface area (TPSA) is 229 Å². The van der Waals surface area contributed by atoms with E-state index in [0.717, 1.165) is 96.3 Å². The van der Waals surface area contributed by atoms with Gasteiger partial charge in [-0.3, -0.25) is 9.59 Å². The average Bonchev–Trinajstić information content (AvgIpc) is 0.741. The Labute approximate surface area is 840 Å². The van der Waals surface area contributed by atoms with Crippen molar-refractivity contribution in [3.63, 3.8) is 0 Å². The first-order chi connectivity index (χ1) is 64.8. The molecule has 16 aliphatic rings. The van der Waals surface area contributed by atoms with Crippen LogP contribution < -0.4 is 0 Å². The Balaban J connectivity index is 0.000000145. The zero-order chi connectivity index (χ0) is 100. The maximum atomic E-state index is 13.4. The first-order valence-electron chi connectivity index (χ1n) is 48.7. The van der Waals surface area contributed by atoms with Gasteiger partial charge < -0.3 is 44.1 Å². The van der Waals surface area contributed by atoms with Crippen molar-refractivity contribution >= 4 is 221 Å². The molecule has 8 atom stereocenters. The molecule has 16 bridgehead atoms. The van der Waals surface area contributed by atoms with Crippen molar-refractivity contribution in [1.29, 1.82) is 0 Å². The molecule has 685 valence electrons. The predicted octanol–water partition coefficient (Wildman–Crippen LogP) is 9.28. The molecule has 4 N–H and O–H groups in total. The van der Waals surface area contributed by atoms with Crippen LogP contribution in [0.1, 0.15) is 188 Å². The minimum absolute atomic E-state index is 0.0394. The van der Waals surface area contributed by atoms with Gasteiger partial charge in [0.2, 0.25) is 0 Å². The highest BCUT2D eigenvalue weighted by atomic mass is 32.2. The van der Waals surface area contributed by atoms with E-state index in [1.807, 2.05) is 0 Å². The summed E-state index contributed by atoms with van der Waals surface area (Å²) < 4.78 is 77.3. The van der Waals surface area contributed by atoms with Gasteiger partial charge in [-0.05, 0) is 302 Å². The van der Waals surface area contributed by atoms with Crippen LogP contribution in [0.3, 0.4) is 0 Å². The smallest absolute Gasteiger partial charge is 0.376 e. The average molecular weight is 1870 g/mol. The van der Waals surface area contributed by atoms with Crippen LogP contribution in [0.25, 0.3) is 0 Å². The fraction of sp³-hybridized carbons (Fsp3) is 0.553. The van der Waals surface area contributed by atoms with E-state index >= 15 is 0 Å². The molecule has 0 saturated heterocycles. The van der Waals surface area contributed by atoms with Crippen molar-refractivity contribution in [2.45, 2.75) is 272 Å². The number of hydrogen-bond donors (Lipinski definition) is 4. The van der Waals surface area contributed by atoms with Gasteiger partial charge in [-0.25, -0.2) is 19.2 Å². The third-order valence-corrected chi connectivity index (χ3v) is 35.7. The van der Waals surface area contributed by atoms with Crippen molar-refractivity contribution in [3.8, 4) is 0 Å². The lowest BCUT2D eigenvalue weighted by molar-refractivity contribution is -0.225. The Morgan fingerprint density at radius 2 is 0.645 bits per heavy atom. The number of aryl methyl sites for hydroxylation is 6. The summed E-state index contributed by atoms with van der Waals surface area (Å²) in [5.41, 5.74) is 3.92. The quantitative estimate of drug-likeness (QED) is 0.0124. The lowest BCUT2D eigenvalue weighted by atomic mass is 8.36. The van der Waals surface area contributed by atoms with E-state index in [1.54, 1.807) is 0 Å². The number of aliphatic carboxylic acids is 1. The van der Waals surface area contributed by atoms with Gasteiger partial charge in [0.25, 0.3) is 0 Å². The van der Waals surface area contributed by atoms with Crippen molar-refractivity contribution in [2.24, 2.45) is 70.0 Å². The standard InChI is InChI=1S/C26H34F2O7.C23H32O6.2C21H21S.C3H4F2O2.B23/c1-23(27,28)21(30)34-20-17-3-14-4-18(20)11-24(5-14,10-17)22(31)33-12-19(29)35-26-8-15-2-16(9-26)7-25(32,6-15)13-26;24-18(29-23-7-14-1-15(8-23)6-22(27,5-14)12-23)11-28-20(26)21-4-13-2-16(9-21)19(25)17(3-13)10-21;2*1-16-4-10-19(11-5-16)22(20-12-6-17(2)7-13-20)21-14-8-18(3)9-15-21;1-3(4,5)2(6)7;1-13-19(12)22(18(10)11)23(20(14(2)3)15(4)5)21(16(6)7)17(8)9/h14-18,20,32H,2-13H2,1H3;13-17,19,25,27H,1-12H2;2*4-15H,1-3H3;1H3,(H,6,7);/q;;2*+1;;. The van der Waals surface area contributed by atoms with Crippen LogP contribution >= 0.6 is 0 Å². The molecule has 22 rings (SSSR count). The minimum atomic E-state index is -3.58. The largest absolute Gasteiger partial charge is 0.477 e. The van der Waals surface area contributed by atoms with E-state index in [4.69, 9.17) is 122 Å². The molecule has 0 spiro atoms. The number of aliphatic hydroxyl groups is 3. The van der Waals surface area contributed by atoms with E-state index in [-0.39, 0.29) is 70.1 Å². The number of esters is 5. The lowest BCUT2D eigenvalue weighted by Gasteiger charge is -2.59. The number of alkyl halides is 4. The summed E-state index contributed by atoms with van der Waals surface area (Å²) in [5, 5.41) is 39.6. The number of benzene rings is 6. The Bertz CT molecular complexity index is 4740. The van der Waals surface area contributed by atoms with Crippen molar-refractivity contribution < 1.29 is 90.4 Å². The maximum Gasteiger partial charge on any atom is 0.376 e. The van der Waals surface area contributed by atoms with Gasteiger partial charge in [0, 0.05) is 190 Å². The maximum absolute atomic E-state index is 13.4. The lowest BCUT2D eigenvalue weighted by Crippen LogP contribution is -2.83. The van der Waals surface area contributed by atoms with Crippen molar-refractivity contribution in [3.05, 3.63) is 179 Å². The molecule has 16 aliphatic carbocycles. The SMILES string of the molecule is CC(F)(F)C(=O)O.CC(F)(F)C(=O)OC1C2CC3CC1CC(C(=O)OCC(=O)OC14CC5CC(CC(O)(C5)C1)C4)(C3)C2.Cc1ccc([S+](c2ccc(C)cc2)c2ccc(C)cc2)cc1.Cc1ccc([S+](c2ccc(C)cc2)c2ccc(C)cc2)cc1.O=C(COC(=O)C12CC3CC(C1)C(O)C(C3)C2)OC12CC3CC(CC(O)(C3)C1)C2.[B][B]B([B])B(B([B])[B])B(B(B([B])[B])B([B])[B])B(B([B])[B])B([B])[B]. The van der Waals surface area contributed by atoms with Crippen LogP contribution in [-0.2, 0) is 74.2 Å². The molecule has 6 aromatic carbocycles. The summed E-state index contributed by atoms with van der Waals surface area (Å²) in [7, 11) is 71.3. The highest BCUT2D eigenvalue weighted by molar-refractivity contribution is 8.22. The van der Waals surface area contributed by atoms with Gasteiger partial charge in [-0.1, -0.05) is 106 Å². The molecule has 0 aliphatic heterocycles. The van der Waals surface area contributed by atoms with Crippen LogP contribution in [-0.4, -0.2) is 280 Å². The van der Waals surface area contributed by atoms with Crippen LogP contribution in [0, 0.1) is 112 Å². The predicted molar refractivity (Wildman–Crippen MR) is 559 cm³/mol. The number of aliphatic hydroxyl groups excluding tert-OH is 1. The van der Waals surface area contributed by atoms with E-state index in [1.165, 1.54) is 69.8 Å². The first kappa shape index (κ1) is 109. The number of ether oxygens (including phenoxy) is 5. The van der Waals surface area contributed by atoms with E-state index < -0.39 is 151 Å². The van der Waals surface area contributed by atoms with Crippen LogP contribution in [0.2, 0.25) is 0 Å². The normalized spacial score (nSPS) is 28.8. The Hall–Kier alpha value is -6.07. The summed E-state index contributed by atoms with van der Waals surface area (Å²) in [4.78, 5) is 80.8. The molecule has 16 saturated carbocycles. The van der Waals surface area contributed by atoms with Crippen molar-refractivity contribution in [2.75, 3.05) is 13.2 Å². The van der Waals surface area contributed by atoms with Crippen LogP contribution in [0.15, 0.2) is 175 Å². The highest BCUT2D eigenvalue weighted by Gasteiger charge is 2.65. The van der Waals surface area contributed by atoms with Crippen molar-refractivity contribution in [1.82, 2.24) is 0 Å². The third-order valence-electron chi connectivity index (χ3n) is 31.3. The molecule has 0 aromatic heterocycles. The molecule has 8 unspecified atom stereocenters. The zero-order valence-corrected chi connectivity index (χ0v) is 82.3. The van der Waals surface area contributed by atoms with E-state index in [0.29, 0.717) is 88.4 Å². The number of carbonyl (C=O) groups is 6. The molecular formula is C94H112B23F4O15S2+2. The van der Waals surface area contributed by atoms with Crippen LogP contribution in [0.5, 0.6) is 0 Å². The monoisotopic (exact) mass is 1870 g/mol. The first-order valence-corrected chi connectivity index (χ1v) is 51.1. The van der Waals surface area contributed by atoms with Gasteiger partial charge in [0.15, 0.2) is 42.6 Å². The molecule has 15 nitrogen and oxygen atoms in total. The molecule has 138 heavy (non-hydrogen) atoms. The molecule has 16 fully saturated rings. The Morgan fingerprint density at radius 3 is 0.884 bits per heavy atom. The second kappa shape index (κ2) is 44.9. The number of carbonyl (C=O) groups excluding carboxylic acids is 5. The van der Waals surface area contributed by atoms with Gasteiger partial charge >= 0.3 is 47.7 Å². The summed E-state index contributed by atoms with van der Waals surface area (Å²) in [5.74, 6) is -10.0. The summed E-state index contributed by atoms with van der Waals surface area (Å²) in [6.45, 7) is 12.9. The van der Waals surface area contributed by atoms with Gasteiger partial charge in [-0.15, -0.1) is 0 Å². The Kier molecular flexibility index (Phi) is 35.5. The summed E-state index contributed by atoms with van der Waals surface area (Å²) >= 11 is 0. The van der Waals surface area contributed by atoms with Crippen LogP contribution in [0.4, 0.5) is 17.6 Å². The minimum Gasteiger partial charge on any atom is -0.477 e. The number of hydrogen-bond acceptors (Lipinski definition) is 14. The number of carboxylic acids is 1. The van der Waals surface area contributed by atoms with Gasteiger partial charge in [0.05, 0.1) is 49.9 Å². The van der Waals surface area contributed by atoms with Gasteiger partial charge in [0.1, 0.15) is 17.3 Å². The molecule has 6 aromatic rings. The summed E-state index contributed by atoms with van der Waals surface area (Å²) in [6.07, 6.45) is 7.91. The third kappa shape index (κ3) is 26.4. The molecule has 25 radical (unpaired) electrons. The second-order valence-corrected chi connectivity index (χ2v) is 47.3. The number of carboxylic acid groups (broad SMARTS) is 1. The molecule has 0 heterocycles. The second-order valence-electron chi connectivity index (χ2n) is 43.2. The fourth-order valence-electron chi connectivity index (χ4n) is 26.6. The van der Waals surface area contributed by atoms with E-state index in [2.05, 4.69) is 187 Å². The Morgan fingerprint density at radius 1 is 0.384 bits per heavy atom.